The van der Waals surface area contributed by atoms with E-state index in [0.717, 1.165) is 31.6 Å². The van der Waals surface area contributed by atoms with Crippen LogP contribution in [0, 0.1) is 5.92 Å². The van der Waals surface area contributed by atoms with Gasteiger partial charge in [0, 0.05) is 51.4 Å². The molecule has 2 aliphatic rings. The number of fused-ring (bicyclic) bond motifs is 1. The Morgan fingerprint density at radius 1 is 1.42 bits per heavy atom. The van der Waals surface area contributed by atoms with Gasteiger partial charge in [0.1, 0.15) is 6.04 Å². The molecule has 2 fully saturated rings. The fourth-order valence-electron chi connectivity index (χ4n) is 4.07. The summed E-state index contributed by atoms with van der Waals surface area (Å²) in [5, 5.41) is 2.68. The molecule has 0 saturated carbocycles. The van der Waals surface area contributed by atoms with Crippen molar-refractivity contribution < 1.29 is 14.3 Å². The normalized spacial score (nSPS) is 26.3. The van der Waals surface area contributed by atoms with Crippen molar-refractivity contribution in [1.82, 2.24) is 20.1 Å². The van der Waals surface area contributed by atoms with Gasteiger partial charge in [0.15, 0.2) is 0 Å². The predicted octanol–water partition coefficient (Wildman–Crippen LogP) is 0.257. The predicted molar refractivity (Wildman–Crippen MR) is 88.3 cm³/mol. The van der Waals surface area contributed by atoms with Crippen molar-refractivity contribution in [2.24, 2.45) is 5.92 Å². The minimum absolute atomic E-state index is 0.0306. The van der Waals surface area contributed by atoms with Crippen LogP contribution in [0.1, 0.15) is 18.9 Å². The molecule has 0 bridgehead atoms. The molecule has 0 spiro atoms. The topological polar surface area (TPSA) is 74.8 Å². The van der Waals surface area contributed by atoms with Crippen molar-refractivity contribution in [1.29, 1.82) is 0 Å². The SMILES string of the molecule is CNC(=O)[C@@H]1C[C@H]2CN(Cc3cccnc3OC)C[C@H]2N1C(C)=O. The standard InChI is InChI=1S/C17H24N4O3/c1-11(22)21-14(16(23)18-2)7-13-9-20(10-15(13)21)8-12-5-4-6-19-17(12)24-3/h4-6,13-15H,7-10H2,1-3H3,(H,18,23)/t13-,14-,15+/m0/s1. The summed E-state index contributed by atoms with van der Waals surface area (Å²) >= 11 is 0. The number of likely N-dealkylation sites (N-methyl/N-ethyl adjacent to an activating group) is 1. The highest BCUT2D eigenvalue weighted by Gasteiger charge is 2.49. The van der Waals surface area contributed by atoms with E-state index in [-0.39, 0.29) is 23.9 Å². The van der Waals surface area contributed by atoms with E-state index >= 15 is 0 Å². The van der Waals surface area contributed by atoms with Gasteiger partial charge in [-0.3, -0.25) is 14.5 Å². The van der Waals surface area contributed by atoms with Gasteiger partial charge in [-0.2, -0.15) is 0 Å². The first-order valence-electron chi connectivity index (χ1n) is 8.26. The molecule has 0 aromatic carbocycles. The quantitative estimate of drug-likeness (QED) is 0.856. The van der Waals surface area contributed by atoms with Gasteiger partial charge < -0.3 is 15.0 Å². The lowest BCUT2D eigenvalue weighted by Gasteiger charge is -2.29. The van der Waals surface area contributed by atoms with E-state index < -0.39 is 0 Å². The molecule has 0 unspecified atom stereocenters. The van der Waals surface area contributed by atoms with Crippen LogP contribution in [0.3, 0.4) is 0 Å². The summed E-state index contributed by atoms with van der Waals surface area (Å²) in [4.78, 5) is 32.5. The number of carbonyl (C=O) groups excluding carboxylic acids is 2. The largest absolute Gasteiger partial charge is 0.481 e. The monoisotopic (exact) mass is 332 g/mol. The van der Waals surface area contributed by atoms with Crippen LogP contribution in [0.4, 0.5) is 0 Å². The zero-order chi connectivity index (χ0) is 17.3. The van der Waals surface area contributed by atoms with Gasteiger partial charge in [-0.1, -0.05) is 6.07 Å². The summed E-state index contributed by atoms with van der Waals surface area (Å²) in [5.41, 5.74) is 1.04. The average molecular weight is 332 g/mol. The average Bonchev–Trinajstić information content (AvgIpc) is 3.11. The molecule has 3 heterocycles. The summed E-state index contributed by atoms with van der Waals surface area (Å²) in [5.74, 6) is 0.872. The third-order valence-electron chi connectivity index (χ3n) is 5.05. The first-order chi connectivity index (χ1) is 11.5. The summed E-state index contributed by atoms with van der Waals surface area (Å²) in [6.45, 7) is 3.93. The van der Waals surface area contributed by atoms with E-state index in [0.29, 0.717) is 11.8 Å². The molecule has 24 heavy (non-hydrogen) atoms. The van der Waals surface area contributed by atoms with Crippen molar-refractivity contribution in [3.05, 3.63) is 23.9 Å². The molecular formula is C17H24N4O3. The van der Waals surface area contributed by atoms with Gasteiger partial charge in [-0.05, 0) is 18.4 Å². The molecule has 2 saturated heterocycles. The van der Waals surface area contributed by atoms with Gasteiger partial charge in [0.2, 0.25) is 17.7 Å². The highest BCUT2D eigenvalue weighted by molar-refractivity contribution is 5.87. The Kier molecular flexibility index (Phi) is 4.71. The lowest BCUT2D eigenvalue weighted by Crippen LogP contribution is -2.49. The lowest BCUT2D eigenvalue weighted by atomic mass is 10.0. The first kappa shape index (κ1) is 16.7. The molecule has 1 aromatic heterocycles. The molecule has 2 amide bonds. The Labute approximate surface area is 142 Å². The van der Waals surface area contributed by atoms with E-state index in [1.165, 1.54) is 0 Å². The Hall–Kier alpha value is -2.15. The molecular weight excluding hydrogens is 308 g/mol. The van der Waals surface area contributed by atoms with Crippen LogP contribution in [0.5, 0.6) is 5.88 Å². The minimum Gasteiger partial charge on any atom is -0.481 e. The fraction of sp³-hybridized carbons (Fsp3) is 0.588. The molecule has 3 atom stereocenters. The minimum atomic E-state index is -0.336. The van der Waals surface area contributed by atoms with E-state index in [1.54, 1.807) is 32.2 Å². The van der Waals surface area contributed by atoms with Crippen LogP contribution < -0.4 is 10.1 Å². The highest BCUT2D eigenvalue weighted by Crippen LogP contribution is 2.36. The van der Waals surface area contributed by atoms with Gasteiger partial charge in [-0.15, -0.1) is 0 Å². The van der Waals surface area contributed by atoms with E-state index in [9.17, 15) is 9.59 Å². The Bertz CT molecular complexity index is 636. The second kappa shape index (κ2) is 6.76. The van der Waals surface area contributed by atoms with Crippen LogP contribution in [0.25, 0.3) is 0 Å². The van der Waals surface area contributed by atoms with Crippen LogP contribution in [0.15, 0.2) is 18.3 Å². The van der Waals surface area contributed by atoms with Gasteiger partial charge in [0.25, 0.3) is 0 Å². The maximum atomic E-state index is 12.1. The first-order valence-corrected chi connectivity index (χ1v) is 8.26. The number of nitrogens with zero attached hydrogens (tertiary/aromatic N) is 3. The molecule has 0 aliphatic carbocycles. The summed E-state index contributed by atoms with van der Waals surface area (Å²) in [6.07, 6.45) is 2.44. The summed E-state index contributed by atoms with van der Waals surface area (Å²) in [7, 11) is 3.24. The number of methoxy groups -OCH3 is 1. The molecule has 1 N–H and O–H groups in total. The Balaban J connectivity index is 1.72. The van der Waals surface area contributed by atoms with Crippen LogP contribution in [-0.2, 0) is 16.1 Å². The number of ether oxygens (including phenoxy) is 1. The highest BCUT2D eigenvalue weighted by atomic mass is 16.5. The fourth-order valence-corrected chi connectivity index (χ4v) is 4.07. The molecule has 7 heteroatoms. The van der Waals surface area contributed by atoms with Gasteiger partial charge >= 0.3 is 0 Å². The van der Waals surface area contributed by atoms with Crippen LogP contribution in [-0.4, -0.2) is 65.9 Å². The molecule has 3 rings (SSSR count). The third-order valence-corrected chi connectivity index (χ3v) is 5.05. The number of likely N-dealkylation sites (tertiary alicyclic amines) is 2. The number of nitrogens with one attached hydrogen (secondary N) is 1. The van der Waals surface area contributed by atoms with Gasteiger partial charge in [-0.25, -0.2) is 4.98 Å². The number of rotatable bonds is 4. The zero-order valence-electron chi connectivity index (χ0n) is 14.4. The molecule has 7 nitrogen and oxygen atoms in total. The van der Waals surface area contributed by atoms with E-state index in [4.69, 9.17) is 4.74 Å². The van der Waals surface area contributed by atoms with Crippen molar-refractivity contribution in [3.8, 4) is 5.88 Å². The number of pyridine rings is 1. The molecule has 1 aromatic rings. The second-order valence-corrected chi connectivity index (χ2v) is 6.49. The number of aromatic nitrogens is 1. The number of hydrogen-bond donors (Lipinski definition) is 1. The summed E-state index contributed by atoms with van der Waals surface area (Å²) in [6, 6.07) is 3.68. The molecule has 0 radical (unpaired) electrons. The number of carbonyl (C=O) groups is 2. The summed E-state index contributed by atoms with van der Waals surface area (Å²) < 4.78 is 5.32. The molecule has 130 valence electrons. The Morgan fingerprint density at radius 2 is 2.21 bits per heavy atom. The molecule has 2 aliphatic heterocycles. The number of hydrogen-bond acceptors (Lipinski definition) is 5. The lowest BCUT2D eigenvalue weighted by molar-refractivity contribution is -0.138. The van der Waals surface area contributed by atoms with Crippen LogP contribution in [0.2, 0.25) is 0 Å². The Morgan fingerprint density at radius 3 is 2.88 bits per heavy atom. The van der Waals surface area contributed by atoms with Crippen molar-refractivity contribution >= 4 is 11.8 Å². The maximum Gasteiger partial charge on any atom is 0.242 e. The second-order valence-electron chi connectivity index (χ2n) is 6.49. The van der Waals surface area contributed by atoms with Crippen molar-refractivity contribution in [2.75, 3.05) is 27.2 Å². The smallest absolute Gasteiger partial charge is 0.242 e. The van der Waals surface area contributed by atoms with E-state index in [1.807, 2.05) is 12.1 Å². The van der Waals surface area contributed by atoms with E-state index in [2.05, 4.69) is 15.2 Å². The van der Waals surface area contributed by atoms with Crippen LogP contribution >= 0.6 is 0 Å². The van der Waals surface area contributed by atoms with Crippen molar-refractivity contribution in [3.63, 3.8) is 0 Å². The maximum absolute atomic E-state index is 12.1. The third kappa shape index (κ3) is 2.96. The zero-order valence-corrected chi connectivity index (χ0v) is 14.4. The van der Waals surface area contributed by atoms with Gasteiger partial charge in [0.05, 0.1) is 7.11 Å². The van der Waals surface area contributed by atoms with Crippen molar-refractivity contribution in [2.45, 2.75) is 32.0 Å². The number of amides is 2.